The van der Waals surface area contributed by atoms with Crippen LogP contribution in [0.2, 0.25) is 0 Å². The number of hydrogen-bond acceptors (Lipinski definition) is 0. The Bertz CT molecular complexity index is 3720. The number of rotatable bonds is 8. The predicted molar refractivity (Wildman–Crippen MR) is 288 cm³/mol. The van der Waals surface area contributed by atoms with Gasteiger partial charge in [-0.1, -0.05) is 243 Å². The third-order valence-electron chi connectivity index (χ3n) is 14.4. The van der Waals surface area contributed by atoms with Crippen LogP contribution in [-0.4, -0.2) is 0 Å². The lowest BCUT2D eigenvalue weighted by atomic mass is 9.85. The van der Waals surface area contributed by atoms with E-state index in [-0.39, 0.29) is 0 Å². The summed E-state index contributed by atoms with van der Waals surface area (Å²) in [5, 5.41) is 5.03. The Morgan fingerprint density at radius 3 is 1.15 bits per heavy atom. The van der Waals surface area contributed by atoms with Crippen LogP contribution in [-0.2, 0) is 12.8 Å². The lowest BCUT2D eigenvalue weighted by Crippen LogP contribution is -1.92. The molecule has 0 atom stereocenters. The Hall–Kier alpha value is -8.58. The SMILES string of the molecule is c1ccc(C2=C(c3ccccc3)c3ccc(-c4ccc(-c5c6ccccc6c(-c6cccc(-c7ccc8c(c7)C(c7ccccc7)=C(c7ccccc7)C8)c6)c6ccccc56)cc4)cc3C2)cc1. The molecule has 0 spiro atoms. The molecule has 0 saturated carbocycles. The van der Waals surface area contributed by atoms with Gasteiger partial charge in [-0.15, -0.1) is 0 Å². The van der Waals surface area contributed by atoms with Gasteiger partial charge in [0.15, 0.2) is 0 Å². The zero-order valence-electron chi connectivity index (χ0n) is 37.7. The van der Waals surface area contributed by atoms with Gasteiger partial charge in [0, 0.05) is 0 Å². The maximum absolute atomic E-state index is 2.43. The van der Waals surface area contributed by atoms with E-state index in [2.05, 4.69) is 255 Å². The molecule has 0 N–H and O–H groups in total. The molecule has 11 aromatic rings. The van der Waals surface area contributed by atoms with Gasteiger partial charge in [0.2, 0.25) is 0 Å². The van der Waals surface area contributed by atoms with Crippen LogP contribution < -0.4 is 0 Å². The van der Waals surface area contributed by atoms with Crippen LogP contribution in [0.25, 0.3) is 88.3 Å². The minimum absolute atomic E-state index is 0.915. The molecule has 0 radical (unpaired) electrons. The van der Waals surface area contributed by atoms with E-state index >= 15 is 0 Å². The molecular weight excluding hydrogens is 817 g/mol. The molecule has 318 valence electrons. The zero-order chi connectivity index (χ0) is 45.0. The normalized spacial score (nSPS) is 13.1. The van der Waals surface area contributed by atoms with E-state index in [4.69, 9.17) is 0 Å². The molecule has 2 aliphatic rings. The van der Waals surface area contributed by atoms with Crippen molar-refractivity contribution in [3.05, 3.63) is 299 Å². The number of hydrogen-bond donors (Lipinski definition) is 0. The Balaban J connectivity index is 0.873. The number of fused-ring (bicyclic) bond motifs is 4. The third-order valence-corrected chi connectivity index (χ3v) is 14.4. The van der Waals surface area contributed by atoms with E-state index in [9.17, 15) is 0 Å². The molecule has 0 aliphatic heterocycles. The van der Waals surface area contributed by atoms with Crippen molar-refractivity contribution in [2.24, 2.45) is 0 Å². The van der Waals surface area contributed by atoms with E-state index in [0.29, 0.717) is 0 Å². The summed E-state index contributed by atoms with van der Waals surface area (Å²) in [6.45, 7) is 0. The molecule has 0 unspecified atom stereocenters. The summed E-state index contributed by atoms with van der Waals surface area (Å²) in [4.78, 5) is 0. The molecular formula is C68H46. The van der Waals surface area contributed by atoms with Crippen molar-refractivity contribution in [1.82, 2.24) is 0 Å². The highest BCUT2D eigenvalue weighted by Gasteiger charge is 2.26. The fraction of sp³-hybridized carbons (Fsp3) is 0.0294. The highest BCUT2D eigenvalue weighted by Crippen LogP contribution is 2.48. The van der Waals surface area contributed by atoms with Crippen LogP contribution in [0.4, 0.5) is 0 Å². The van der Waals surface area contributed by atoms with Gasteiger partial charge in [0.25, 0.3) is 0 Å². The van der Waals surface area contributed by atoms with Gasteiger partial charge in [-0.2, -0.15) is 0 Å². The van der Waals surface area contributed by atoms with E-state index in [1.54, 1.807) is 0 Å². The molecule has 0 nitrogen and oxygen atoms in total. The van der Waals surface area contributed by atoms with Gasteiger partial charge in [-0.3, -0.25) is 0 Å². The predicted octanol–water partition coefficient (Wildman–Crippen LogP) is 17.7. The molecule has 0 amide bonds. The van der Waals surface area contributed by atoms with Gasteiger partial charge in [-0.25, -0.2) is 0 Å². The van der Waals surface area contributed by atoms with Gasteiger partial charge in [0.05, 0.1) is 0 Å². The standard InChI is InChI=1S/C68H46/c1-5-18-46(19-6-1)62-43-54-37-36-53(42-64(54)67(62)49-24-11-4-12-25-49)51-26-17-27-55(40-51)68-60-30-15-13-28-58(60)66(59-29-14-16-31-61(59)68)50-34-32-45(33-35-50)52-38-39-57-56(41-52)44-63(47-20-7-2-8-21-47)65(57)48-22-9-3-10-23-48/h1-42H,43-44H2. The molecule has 0 fully saturated rings. The van der Waals surface area contributed by atoms with Crippen molar-refractivity contribution < 1.29 is 0 Å². The lowest BCUT2D eigenvalue weighted by Gasteiger charge is -2.18. The van der Waals surface area contributed by atoms with Crippen LogP contribution in [0.3, 0.4) is 0 Å². The summed E-state index contributed by atoms with van der Waals surface area (Å²) >= 11 is 0. The van der Waals surface area contributed by atoms with E-state index in [1.807, 2.05) is 0 Å². The summed E-state index contributed by atoms with van der Waals surface area (Å²) < 4.78 is 0. The van der Waals surface area contributed by atoms with Crippen molar-refractivity contribution in [2.45, 2.75) is 12.8 Å². The Morgan fingerprint density at radius 2 is 0.588 bits per heavy atom. The molecule has 0 saturated heterocycles. The van der Waals surface area contributed by atoms with Gasteiger partial charge >= 0.3 is 0 Å². The molecule has 68 heavy (non-hydrogen) atoms. The first-order valence-electron chi connectivity index (χ1n) is 23.8. The lowest BCUT2D eigenvalue weighted by molar-refractivity contribution is 1.31. The molecule has 13 rings (SSSR count). The van der Waals surface area contributed by atoms with Crippen molar-refractivity contribution in [3.63, 3.8) is 0 Å². The minimum Gasteiger partial charge on any atom is -0.0622 e. The first kappa shape index (κ1) is 39.8. The fourth-order valence-corrected chi connectivity index (χ4v) is 11.3. The maximum atomic E-state index is 2.43. The fourth-order valence-electron chi connectivity index (χ4n) is 11.3. The van der Waals surface area contributed by atoms with Crippen LogP contribution in [0.1, 0.15) is 44.5 Å². The highest BCUT2D eigenvalue weighted by atomic mass is 14.3. The van der Waals surface area contributed by atoms with Crippen LogP contribution in [0, 0.1) is 0 Å². The molecule has 0 heterocycles. The van der Waals surface area contributed by atoms with Gasteiger partial charge in [0.1, 0.15) is 0 Å². The Kier molecular flexibility index (Phi) is 9.76. The van der Waals surface area contributed by atoms with Crippen molar-refractivity contribution in [3.8, 4) is 44.5 Å². The zero-order valence-corrected chi connectivity index (χ0v) is 37.7. The second-order valence-corrected chi connectivity index (χ2v) is 18.3. The monoisotopic (exact) mass is 862 g/mol. The minimum atomic E-state index is 0.915. The van der Waals surface area contributed by atoms with Crippen LogP contribution in [0.5, 0.6) is 0 Å². The molecule has 0 heteroatoms. The average Bonchev–Trinajstić information content (AvgIpc) is 4.00. The summed E-state index contributed by atoms with van der Waals surface area (Å²) in [5.41, 5.74) is 25.9. The first-order valence-corrected chi connectivity index (χ1v) is 23.8. The second-order valence-electron chi connectivity index (χ2n) is 18.3. The molecule has 0 bridgehead atoms. The van der Waals surface area contributed by atoms with Crippen LogP contribution >= 0.6 is 0 Å². The summed E-state index contributed by atoms with van der Waals surface area (Å²) in [7, 11) is 0. The molecule has 2 aliphatic carbocycles. The number of allylic oxidation sites excluding steroid dienone is 2. The van der Waals surface area contributed by atoms with Crippen molar-refractivity contribution in [2.75, 3.05) is 0 Å². The summed E-state index contributed by atoms with van der Waals surface area (Å²) in [6.07, 6.45) is 1.84. The Morgan fingerprint density at radius 1 is 0.206 bits per heavy atom. The largest absolute Gasteiger partial charge is 0.0622 e. The van der Waals surface area contributed by atoms with E-state index in [0.717, 1.165) is 12.8 Å². The topological polar surface area (TPSA) is 0 Å². The molecule has 11 aromatic carbocycles. The van der Waals surface area contributed by atoms with Crippen molar-refractivity contribution >= 4 is 43.8 Å². The van der Waals surface area contributed by atoms with Crippen molar-refractivity contribution in [1.29, 1.82) is 0 Å². The van der Waals surface area contributed by atoms with E-state index < -0.39 is 0 Å². The quantitative estimate of drug-likeness (QED) is 0.134. The van der Waals surface area contributed by atoms with Gasteiger partial charge in [-0.05, 0) is 158 Å². The first-order chi connectivity index (χ1) is 33.7. The maximum Gasteiger partial charge on any atom is -0.000706 e. The Labute approximate surface area is 398 Å². The summed E-state index contributed by atoms with van der Waals surface area (Å²) in [6, 6.07) is 94.2. The summed E-state index contributed by atoms with van der Waals surface area (Å²) in [5.74, 6) is 0. The highest BCUT2D eigenvalue weighted by molar-refractivity contribution is 6.21. The van der Waals surface area contributed by atoms with Crippen LogP contribution in [0.15, 0.2) is 255 Å². The second kappa shape index (κ2) is 16.7. The average molecular weight is 863 g/mol. The number of benzene rings is 11. The van der Waals surface area contributed by atoms with Gasteiger partial charge < -0.3 is 0 Å². The third kappa shape index (κ3) is 6.84. The smallest absolute Gasteiger partial charge is 0.000706 e. The molecule has 0 aromatic heterocycles. The van der Waals surface area contributed by atoms with E-state index in [1.165, 1.54) is 133 Å².